The Morgan fingerprint density at radius 3 is 0.770 bits per heavy atom. The molecular formula is C58H56N2Pt. The van der Waals surface area contributed by atoms with Gasteiger partial charge in [-0.3, -0.25) is 0 Å². The molecule has 0 spiro atoms. The molecular weight excluding hydrogens is 920 g/mol. The normalized spacial score (nSPS) is 10.8. The predicted molar refractivity (Wildman–Crippen MR) is 256 cm³/mol. The van der Waals surface area contributed by atoms with Crippen molar-refractivity contribution in [2.24, 2.45) is 0 Å². The van der Waals surface area contributed by atoms with Gasteiger partial charge in [-0.1, -0.05) is 140 Å². The van der Waals surface area contributed by atoms with E-state index >= 15 is 0 Å². The molecule has 0 N–H and O–H groups in total. The second kappa shape index (κ2) is 18.9. The van der Waals surface area contributed by atoms with E-state index in [1.54, 1.807) is 0 Å². The molecule has 2 aromatic heterocycles. The molecule has 308 valence electrons. The Balaban J connectivity index is 0.000000201. The summed E-state index contributed by atoms with van der Waals surface area (Å²) in [4.78, 5) is 9.50. The van der Waals surface area contributed by atoms with Crippen molar-refractivity contribution in [3.63, 3.8) is 0 Å². The van der Waals surface area contributed by atoms with Crippen LogP contribution in [0.4, 0.5) is 0 Å². The topological polar surface area (TPSA) is 25.8 Å². The molecule has 0 atom stereocenters. The molecule has 0 bridgehead atoms. The van der Waals surface area contributed by atoms with E-state index in [2.05, 4.69) is 204 Å². The summed E-state index contributed by atoms with van der Waals surface area (Å²) >= 11 is 0. The molecule has 8 rings (SSSR count). The third kappa shape index (κ3) is 9.93. The van der Waals surface area contributed by atoms with E-state index in [4.69, 9.17) is 9.97 Å². The zero-order chi connectivity index (χ0) is 42.8. The van der Waals surface area contributed by atoms with Gasteiger partial charge < -0.3 is 9.97 Å². The molecule has 0 unspecified atom stereocenters. The van der Waals surface area contributed by atoms with E-state index in [0.717, 1.165) is 33.6 Å². The quantitative estimate of drug-likeness (QED) is 0.155. The van der Waals surface area contributed by atoms with Gasteiger partial charge in [-0.05, 0) is 139 Å². The minimum atomic E-state index is 0. The summed E-state index contributed by atoms with van der Waals surface area (Å²) in [5.41, 5.74) is 29.4. The predicted octanol–water partition coefficient (Wildman–Crippen LogP) is 15.5. The molecule has 61 heavy (non-hydrogen) atoms. The number of nitrogens with zero attached hydrogens (tertiary/aromatic N) is 2. The molecule has 0 saturated carbocycles. The fourth-order valence-corrected chi connectivity index (χ4v) is 9.42. The van der Waals surface area contributed by atoms with Gasteiger partial charge in [-0.2, -0.15) is 0 Å². The maximum Gasteiger partial charge on any atom is 2.00 e. The molecule has 0 aliphatic heterocycles. The van der Waals surface area contributed by atoms with Crippen molar-refractivity contribution in [2.75, 3.05) is 0 Å². The van der Waals surface area contributed by atoms with Crippen molar-refractivity contribution in [2.45, 2.75) is 83.1 Å². The Bertz CT molecular complexity index is 2340. The van der Waals surface area contributed by atoms with Crippen molar-refractivity contribution in [1.82, 2.24) is 9.97 Å². The molecule has 0 aliphatic rings. The van der Waals surface area contributed by atoms with Gasteiger partial charge >= 0.3 is 21.1 Å². The fraction of sp³-hybridized carbons (Fsp3) is 0.207. The summed E-state index contributed by atoms with van der Waals surface area (Å²) in [6.45, 7) is 26.0. The minimum absolute atomic E-state index is 0. The summed E-state index contributed by atoms with van der Waals surface area (Å²) in [5, 5.41) is 0. The van der Waals surface area contributed by atoms with Crippen LogP contribution in [0.2, 0.25) is 0 Å². The van der Waals surface area contributed by atoms with Crippen LogP contribution in [0, 0.1) is 95.2 Å². The first-order valence-corrected chi connectivity index (χ1v) is 21.0. The Morgan fingerprint density at radius 1 is 0.311 bits per heavy atom. The monoisotopic (exact) mass is 975 g/mol. The van der Waals surface area contributed by atoms with Crippen LogP contribution in [0.15, 0.2) is 122 Å². The Morgan fingerprint density at radius 2 is 0.557 bits per heavy atom. The number of aryl methyl sites for hydroxylation is 12. The SMILES string of the molecule is Cc1cc(C)c(-c2c[c-]c(-c3ccc(-c4c(C)cc(C)cc4C)cn3)cc2)c(C)c1.Cc1cc(C)c(-c2c[c-]c(-c3ccc(-c4c(C)cc(C)cc4C)cn3)cc2)c(C)c1.[Pt+2]. The molecule has 2 heterocycles. The van der Waals surface area contributed by atoms with Crippen LogP contribution in [0.3, 0.4) is 0 Å². The van der Waals surface area contributed by atoms with Gasteiger partial charge in [0, 0.05) is 12.4 Å². The van der Waals surface area contributed by atoms with Gasteiger partial charge in [0.15, 0.2) is 0 Å². The molecule has 6 aromatic carbocycles. The van der Waals surface area contributed by atoms with Crippen molar-refractivity contribution >= 4 is 0 Å². The summed E-state index contributed by atoms with van der Waals surface area (Å²) in [6.07, 6.45) is 3.96. The molecule has 8 aromatic rings. The van der Waals surface area contributed by atoms with Crippen LogP contribution in [0.1, 0.15) is 66.8 Å². The van der Waals surface area contributed by atoms with Crippen LogP contribution < -0.4 is 0 Å². The van der Waals surface area contributed by atoms with Crippen LogP contribution in [0.5, 0.6) is 0 Å². The average Bonchev–Trinajstić information content (AvgIpc) is 3.18. The third-order valence-corrected chi connectivity index (χ3v) is 11.6. The Kier molecular flexibility index (Phi) is 13.9. The van der Waals surface area contributed by atoms with Gasteiger partial charge in [0.05, 0.1) is 0 Å². The second-order valence-electron chi connectivity index (χ2n) is 16.9. The molecule has 0 radical (unpaired) electrons. The number of pyridine rings is 2. The van der Waals surface area contributed by atoms with Crippen molar-refractivity contribution < 1.29 is 21.1 Å². The zero-order valence-corrected chi connectivity index (χ0v) is 40.0. The second-order valence-corrected chi connectivity index (χ2v) is 16.9. The smallest absolute Gasteiger partial charge is 0.304 e. The van der Waals surface area contributed by atoms with Crippen molar-refractivity contribution in [3.8, 4) is 67.0 Å². The molecule has 0 aliphatic carbocycles. The van der Waals surface area contributed by atoms with Gasteiger partial charge in [-0.25, -0.2) is 0 Å². The molecule has 0 saturated heterocycles. The maximum atomic E-state index is 4.75. The fourth-order valence-electron chi connectivity index (χ4n) is 9.42. The summed E-state index contributed by atoms with van der Waals surface area (Å²) in [6, 6.07) is 46.1. The van der Waals surface area contributed by atoms with E-state index in [0.29, 0.717) is 0 Å². The largest absolute Gasteiger partial charge is 2.00 e. The van der Waals surface area contributed by atoms with Gasteiger partial charge in [0.2, 0.25) is 0 Å². The van der Waals surface area contributed by atoms with Crippen LogP contribution in [-0.2, 0) is 21.1 Å². The first kappa shape index (κ1) is 44.9. The molecule has 2 nitrogen and oxygen atoms in total. The molecule has 3 heteroatoms. The minimum Gasteiger partial charge on any atom is -0.304 e. The summed E-state index contributed by atoms with van der Waals surface area (Å²) < 4.78 is 0. The van der Waals surface area contributed by atoms with Crippen LogP contribution >= 0.6 is 0 Å². The van der Waals surface area contributed by atoms with Crippen LogP contribution in [-0.4, -0.2) is 9.97 Å². The van der Waals surface area contributed by atoms with Gasteiger partial charge in [0.25, 0.3) is 0 Å². The van der Waals surface area contributed by atoms with E-state index in [-0.39, 0.29) is 21.1 Å². The molecule has 0 fully saturated rings. The maximum absolute atomic E-state index is 4.75. The van der Waals surface area contributed by atoms with E-state index in [1.807, 2.05) is 12.4 Å². The van der Waals surface area contributed by atoms with Crippen molar-refractivity contribution in [1.29, 1.82) is 0 Å². The first-order valence-electron chi connectivity index (χ1n) is 21.0. The van der Waals surface area contributed by atoms with Crippen molar-refractivity contribution in [3.05, 3.63) is 200 Å². The summed E-state index contributed by atoms with van der Waals surface area (Å²) in [5.74, 6) is 0. The number of benzene rings is 6. The third-order valence-electron chi connectivity index (χ3n) is 11.6. The number of hydrogen-bond acceptors (Lipinski definition) is 2. The van der Waals surface area contributed by atoms with Gasteiger partial charge in [0.1, 0.15) is 0 Å². The van der Waals surface area contributed by atoms with Crippen LogP contribution in [0.25, 0.3) is 67.0 Å². The van der Waals surface area contributed by atoms with E-state index < -0.39 is 0 Å². The zero-order valence-electron chi connectivity index (χ0n) is 37.8. The first-order chi connectivity index (χ1) is 28.7. The van der Waals surface area contributed by atoms with E-state index in [1.165, 1.54) is 100 Å². The average molecular weight is 976 g/mol. The Hall–Kier alpha value is -5.69. The summed E-state index contributed by atoms with van der Waals surface area (Å²) in [7, 11) is 0. The number of hydrogen-bond donors (Lipinski definition) is 0. The molecule has 0 amide bonds. The number of rotatable bonds is 6. The Labute approximate surface area is 379 Å². The van der Waals surface area contributed by atoms with Gasteiger partial charge in [-0.15, -0.1) is 59.7 Å². The number of aromatic nitrogens is 2. The standard InChI is InChI=1S/2C29H28N.Pt/c2*1-18-13-20(3)28(21(4)14-18)25-9-7-24(8-10-25)27-12-11-26(17-30-27)29-22(5)15-19(2)16-23(29)6;/h2*7,9-17H,1-6H3;/q2*-1;+2. The van der Waals surface area contributed by atoms with E-state index in [9.17, 15) is 0 Å².